The van der Waals surface area contributed by atoms with Crippen LogP contribution in [0, 0.1) is 6.92 Å². The van der Waals surface area contributed by atoms with Gasteiger partial charge in [-0.2, -0.15) is 0 Å². The third kappa shape index (κ3) is 4.46. The minimum atomic E-state index is -0.622. The number of aliphatic hydroxyl groups is 1. The maximum Gasteiger partial charge on any atom is 0.295 e. The summed E-state index contributed by atoms with van der Waals surface area (Å²) in [6, 6.07) is 12.5. The molecular weight excluding hydrogens is 434 g/mol. The van der Waals surface area contributed by atoms with Crippen molar-refractivity contribution in [3.05, 3.63) is 75.3 Å². The van der Waals surface area contributed by atoms with Crippen molar-refractivity contribution in [2.75, 3.05) is 0 Å². The van der Waals surface area contributed by atoms with Crippen LogP contribution in [0.15, 0.2) is 48.0 Å². The first kappa shape index (κ1) is 23.6. The largest absolute Gasteiger partial charge is 0.507 e. The lowest BCUT2D eigenvalue weighted by Gasteiger charge is -2.35. The smallest absolute Gasteiger partial charge is 0.295 e. The standard InChI is InChI=1S/C28H32ClNO3/c1-17-10-13-19(28(2,3)4)16-22(17)25(31)23-24(18-11-14-20(29)15-12-18)30(27(33)26(23)32)21-8-6-5-7-9-21/h10-16,21,24,31H,5-9H2,1-4H3/b25-23+. The van der Waals surface area contributed by atoms with E-state index in [9.17, 15) is 14.7 Å². The number of hydrogen-bond donors (Lipinski definition) is 1. The van der Waals surface area contributed by atoms with Crippen molar-refractivity contribution in [1.82, 2.24) is 4.90 Å². The van der Waals surface area contributed by atoms with Crippen molar-refractivity contribution in [3.8, 4) is 0 Å². The van der Waals surface area contributed by atoms with E-state index in [0.717, 1.165) is 48.8 Å². The fourth-order valence-electron chi connectivity index (χ4n) is 5.05. The maximum absolute atomic E-state index is 13.4. The van der Waals surface area contributed by atoms with Gasteiger partial charge in [0.25, 0.3) is 11.7 Å². The molecule has 1 saturated carbocycles. The van der Waals surface area contributed by atoms with Crippen molar-refractivity contribution in [3.63, 3.8) is 0 Å². The Labute approximate surface area is 201 Å². The zero-order valence-corrected chi connectivity index (χ0v) is 20.6. The summed E-state index contributed by atoms with van der Waals surface area (Å²) in [5.74, 6) is -1.23. The molecule has 4 nitrogen and oxygen atoms in total. The molecule has 33 heavy (non-hydrogen) atoms. The fourth-order valence-corrected chi connectivity index (χ4v) is 5.17. The van der Waals surface area contributed by atoms with Gasteiger partial charge in [-0.15, -0.1) is 0 Å². The summed E-state index contributed by atoms with van der Waals surface area (Å²) in [6.07, 6.45) is 4.96. The molecule has 2 fully saturated rings. The lowest BCUT2D eigenvalue weighted by atomic mass is 9.84. The number of likely N-dealkylation sites (tertiary alicyclic amines) is 1. The second-order valence-electron chi connectivity index (χ2n) is 10.3. The normalized spacial score (nSPS) is 21.6. The highest BCUT2D eigenvalue weighted by atomic mass is 35.5. The number of nitrogens with zero attached hydrogens (tertiary/aromatic N) is 1. The molecule has 1 aliphatic carbocycles. The quantitative estimate of drug-likeness (QED) is 0.311. The van der Waals surface area contributed by atoms with Crippen molar-refractivity contribution >= 4 is 29.1 Å². The number of aliphatic hydroxyl groups excluding tert-OH is 1. The van der Waals surface area contributed by atoms with Crippen LogP contribution in [0.5, 0.6) is 0 Å². The highest BCUT2D eigenvalue weighted by Gasteiger charge is 2.49. The Bertz CT molecular complexity index is 1100. The summed E-state index contributed by atoms with van der Waals surface area (Å²) in [5, 5.41) is 12.1. The van der Waals surface area contributed by atoms with Gasteiger partial charge in [0, 0.05) is 16.6 Å². The average Bonchev–Trinajstić information content (AvgIpc) is 3.04. The molecule has 4 rings (SSSR count). The Morgan fingerprint density at radius 2 is 1.64 bits per heavy atom. The first-order valence-corrected chi connectivity index (χ1v) is 12.1. The van der Waals surface area contributed by atoms with Crippen LogP contribution in [0.4, 0.5) is 0 Å². The highest BCUT2D eigenvalue weighted by molar-refractivity contribution is 6.46. The first-order valence-electron chi connectivity index (χ1n) is 11.8. The van der Waals surface area contributed by atoms with Crippen LogP contribution in [-0.2, 0) is 15.0 Å². The lowest BCUT2D eigenvalue weighted by molar-refractivity contribution is -0.141. The molecule has 1 unspecified atom stereocenters. The van der Waals surface area contributed by atoms with E-state index in [1.165, 1.54) is 0 Å². The van der Waals surface area contributed by atoms with Gasteiger partial charge in [0.1, 0.15) is 5.76 Å². The van der Waals surface area contributed by atoms with Gasteiger partial charge in [0.15, 0.2) is 0 Å². The number of ketones is 1. The van der Waals surface area contributed by atoms with Gasteiger partial charge in [-0.25, -0.2) is 0 Å². The Balaban J connectivity index is 1.91. The van der Waals surface area contributed by atoms with Crippen molar-refractivity contribution < 1.29 is 14.7 Å². The maximum atomic E-state index is 13.4. The highest BCUT2D eigenvalue weighted by Crippen LogP contribution is 2.43. The third-order valence-corrected chi connectivity index (χ3v) is 7.24. The zero-order chi connectivity index (χ0) is 23.9. The number of hydrogen-bond acceptors (Lipinski definition) is 3. The number of carbonyl (C=O) groups is 2. The third-order valence-electron chi connectivity index (χ3n) is 6.99. The summed E-state index contributed by atoms with van der Waals surface area (Å²) in [6.45, 7) is 8.24. The minimum absolute atomic E-state index is 0.0109. The van der Waals surface area contributed by atoms with Gasteiger partial charge in [0.2, 0.25) is 0 Å². The molecule has 174 valence electrons. The molecule has 0 aromatic heterocycles. The van der Waals surface area contributed by atoms with Crippen LogP contribution < -0.4 is 0 Å². The Kier molecular flexibility index (Phi) is 6.41. The number of halogens is 1. The van der Waals surface area contributed by atoms with Crippen LogP contribution in [0.2, 0.25) is 5.02 Å². The SMILES string of the molecule is Cc1ccc(C(C)(C)C)cc1/C(O)=C1\C(=O)C(=O)N(C2CCCCC2)C1c1ccc(Cl)cc1. The molecular formula is C28H32ClNO3. The number of amides is 1. The summed E-state index contributed by atoms with van der Waals surface area (Å²) >= 11 is 6.13. The molecule has 1 amide bonds. The summed E-state index contributed by atoms with van der Waals surface area (Å²) in [4.78, 5) is 28.4. The number of Topliss-reactive ketones (excluding diaryl/α,β-unsaturated/α-hetero) is 1. The first-order chi connectivity index (χ1) is 15.6. The van der Waals surface area contributed by atoms with Gasteiger partial charge in [-0.3, -0.25) is 9.59 Å². The van der Waals surface area contributed by atoms with Gasteiger partial charge < -0.3 is 10.0 Å². The second-order valence-corrected chi connectivity index (χ2v) is 10.8. The molecule has 2 aromatic rings. The Morgan fingerprint density at radius 1 is 1.00 bits per heavy atom. The Hall–Kier alpha value is -2.59. The van der Waals surface area contributed by atoms with E-state index >= 15 is 0 Å². The fraction of sp³-hybridized carbons (Fsp3) is 0.429. The van der Waals surface area contributed by atoms with Crippen molar-refractivity contribution in [2.24, 2.45) is 0 Å². The van der Waals surface area contributed by atoms with Gasteiger partial charge in [-0.1, -0.05) is 75.9 Å². The van der Waals surface area contributed by atoms with E-state index in [4.69, 9.17) is 11.6 Å². The summed E-state index contributed by atoms with van der Waals surface area (Å²) in [5.41, 5.74) is 3.35. The van der Waals surface area contributed by atoms with E-state index in [-0.39, 0.29) is 22.8 Å². The van der Waals surface area contributed by atoms with E-state index < -0.39 is 17.7 Å². The number of carbonyl (C=O) groups excluding carboxylic acids is 2. The summed E-state index contributed by atoms with van der Waals surface area (Å²) in [7, 11) is 0. The van der Waals surface area contributed by atoms with Crippen LogP contribution in [0.3, 0.4) is 0 Å². The number of rotatable bonds is 3. The van der Waals surface area contributed by atoms with Crippen molar-refractivity contribution in [1.29, 1.82) is 0 Å². The van der Waals surface area contributed by atoms with E-state index in [2.05, 4.69) is 20.8 Å². The molecule has 1 saturated heterocycles. The molecule has 1 atom stereocenters. The topological polar surface area (TPSA) is 57.6 Å². The molecule has 1 N–H and O–H groups in total. The molecule has 2 aliphatic rings. The number of benzene rings is 2. The van der Waals surface area contributed by atoms with Crippen molar-refractivity contribution in [2.45, 2.75) is 77.3 Å². The van der Waals surface area contributed by atoms with Crippen LogP contribution in [0.1, 0.15) is 81.2 Å². The zero-order valence-electron chi connectivity index (χ0n) is 19.8. The predicted molar refractivity (Wildman–Crippen MR) is 132 cm³/mol. The van der Waals surface area contributed by atoms with E-state index in [0.29, 0.717) is 10.6 Å². The predicted octanol–water partition coefficient (Wildman–Crippen LogP) is 6.70. The van der Waals surface area contributed by atoms with Crippen LogP contribution in [-0.4, -0.2) is 27.7 Å². The molecule has 1 aliphatic heterocycles. The number of aryl methyl sites for hydroxylation is 1. The second kappa shape index (κ2) is 8.98. The monoisotopic (exact) mass is 465 g/mol. The molecule has 1 heterocycles. The molecule has 0 radical (unpaired) electrons. The molecule has 0 spiro atoms. The van der Waals surface area contributed by atoms with E-state index in [1.54, 1.807) is 17.0 Å². The lowest BCUT2D eigenvalue weighted by Crippen LogP contribution is -2.40. The van der Waals surface area contributed by atoms with Crippen LogP contribution in [0.25, 0.3) is 5.76 Å². The minimum Gasteiger partial charge on any atom is -0.507 e. The average molecular weight is 466 g/mol. The Morgan fingerprint density at radius 3 is 2.24 bits per heavy atom. The van der Waals surface area contributed by atoms with Gasteiger partial charge >= 0.3 is 0 Å². The molecule has 0 bridgehead atoms. The molecule has 5 heteroatoms. The summed E-state index contributed by atoms with van der Waals surface area (Å²) < 4.78 is 0. The van der Waals surface area contributed by atoms with Crippen LogP contribution >= 0.6 is 11.6 Å². The van der Waals surface area contributed by atoms with E-state index in [1.807, 2.05) is 37.3 Å². The van der Waals surface area contributed by atoms with Gasteiger partial charge in [-0.05, 0) is 60.1 Å². The molecule has 2 aromatic carbocycles. The van der Waals surface area contributed by atoms with Gasteiger partial charge in [0.05, 0.1) is 11.6 Å².